The van der Waals surface area contributed by atoms with Crippen molar-refractivity contribution in [2.75, 3.05) is 25.5 Å². The van der Waals surface area contributed by atoms with Crippen LogP contribution < -0.4 is 15.4 Å². The number of aliphatic hydroxyl groups is 1. The van der Waals surface area contributed by atoms with Crippen molar-refractivity contribution < 1.29 is 9.84 Å². The van der Waals surface area contributed by atoms with Crippen LogP contribution in [-0.4, -0.2) is 47.1 Å². The van der Waals surface area contributed by atoms with E-state index in [2.05, 4.69) is 41.6 Å². The number of hydrogen-bond donors (Lipinski definition) is 4. The summed E-state index contributed by atoms with van der Waals surface area (Å²) >= 11 is 5.05. The van der Waals surface area contributed by atoms with Gasteiger partial charge < -0.3 is 20.5 Å². The Morgan fingerprint density at radius 3 is 2.64 bits per heavy atom. The zero-order valence-electron chi connectivity index (χ0n) is 15.1. The van der Waals surface area contributed by atoms with E-state index in [0.717, 1.165) is 16.9 Å². The molecule has 0 radical (unpaired) electrons. The first kappa shape index (κ1) is 19.4. The summed E-state index contributed by atoms with van der Waals surface area (Å²) in [6.07, 6.45) is -0.606. The quantitative estimate of drug-likeness (QED) is 0.567. The molecule has 0 fully saturated rings. The van der Waals surface area contributed by atoms with Crippen LogP contribution in [0.3, 0.4) is 0 Å². The number of anilines is 1. The van der Waals surface area contributed by atoms with Crippen molar-refractivity contribution in [3.05, 3.63) is 35.0 Å². The first-order chi connectivity index (χ1) is 11.8. The molecule has 0 saturated heterocycles. The van der Waals surface area contributed by atoms with Gasteiger partial charge in [0.2, 0.25) is 0 Å². The molecule has 1 heterocycles. The van der Waals surface area contributed by atoms with Gasteiger partial charge in [-0.1, -0.05) is 12.2 Å². The zero-order valence-corrected chi connectivity index (χ0v) is 15.9. The Balaban J connectivity index is 2.14. The van der Waals surface area contributed by atoms with Crippen LogP contribution >= 0.6 is 12.2 Å². The second kappa shape index (κ2) is 8.42. The Labute approximate surface area is 153 Å². The lowest BCUT2D eigenvalue weighted by Crippen LogP contribution is -2.42. The molecule has 136 valence electrons. The average Bonchev–Trinajstić information content (AvgIpc) is 2.58. The summed E-state index contributed by atoms with van der Waals surface area (Å²) in [7, 11) is 1.85. The van der Waals surface area contributed by atoms with Crippen molar-refractivity contribution in [2.45, 2.75) is 32.4 Å². The maximum absolute atomic E-state index is 10.1. The summed E-state index contributed by atoms with van der Waals surface area (Å²) in [6.45, 7) is 6.82. The van der Waals surface area contributed by atoms with Gasteiger partial charge in [0.05, 0.1) is 5.69 Å². The van der Waals surface area contributed by atoms with Gasteiger partial charge in [0.25, 0.3) is 0 Å². The van der Waals surface area contributed by atoms with Crippen LogP contribution in [0.5, 0.6) is 5.75 Å². The molecular weight excluding hydrogens is 336 g/mol. The zero-order chi connectivity index (χ0) is 18.4. The minimum atomic E-state index is -0.606. The molecule has 0 bridgehead atoms. The van der Waals surface area contributed by atoms with E-state index < -0.39 is 6.10 Å². The van der Waals surface area contributed by atoms with Gasteiger partial charge in [-0.15, -0.1) is 0 Å². The van der Waals surface area contributed by atoms with Crippen molar-refractivity contribution >= 4 is 17.9 Å². The molecule has 0 aliphatic heterocycles. The van der Waals surface area contributed by atoms with Gasteiger partial charge in [0.15, 0.2) is 0 Å². The van der Waals surface area contributed by atoms with Crippen molar-refractivity contribution in [3.8, 4) is 17.0 Å². The number of aromatic amines is 1. The number of H-pyrrole nitrogens is 1. The van der Waals surface area contributed by atoms with E-state index in [0.29, 0.717) is 16.9 Å². The van der Waals surface area contributed by atoms with E-state index in [4.69, 9.17) is 17.0 Å². The van der Waals surface area contributed by atoms with E-state index in [1.54, 1.807) is 6.07 Å². The van der Waals surface area contributed by atoms with Crippen molar-refractivity contribution in [3.63, 3.8) is 0 Å². The Hall–Kier alpha value is -1.96. The fourth-order valence-corrected chi connectivity index (χ4v) is 2.29. The van der Waals surface area contributed by atoms with Crippen LogP contribution in [0.2, 0.25) is 0 Å². The van der Waals surface area contributed by atoms with E-state index >= 15 is 0 Å². The molecule has 0 spiro atoms. The molecule has 0 aliphatic rings. The third-order valence-corrected chi connectivity index (χ3v) is 3.75. The van der Waals surface area contributed by atoms with Gasteiger partial charge in [0.1, 0.15) is 23.1 Å². The minimum Gasteiger partial charge on any atom is -0.490 e. The molecule has 2 aromatic rings. The summed E-state index contributed by atoms with van der Waals surface area (Å²) in [5, 5.41) is 23.6. The predicted molar refractivity (Wildman–Crippen MR) is 104 cm³/mol. The molecule has 6 nitrogen and oxygen atoms in total. The lowest BCUT2D eigenvalue weighted by molar-refractivity contribution is 0.100. The molecule has 1 unspecified atom stereocenters. The second-order valence-corrected chi connectivity index (χ2v) is 7.30. The van der Waals surface area contributed by atoms with Crippen LogP contribution in [0.1, 0.15) is 20.8 Å². The van der Waals surface area contributed by atoms with Gasteiger partial charge in [0, 0.05) is 30.4 Å². The molecule has 2 rings (SSSR count). The summed E-state index contributed by atoms with van der Waals surface area (Å²) in [5.41, 5.74) is 2.45. The summed E-state index contributed by atoms with van der Waals surface area (Å²) < 4.78 is 6.42. The molecule has 0 amide bonds. The lowest BCUT2D eigenvalue weighted by atomic mass is 10.1. The molecule has 1 aromatic heterocycles. The fraction of sp³-hybridized carbons (Fsp3) is 0.444. The van der Waals surface area contributed by atoms with Gasteiger partial charge in [-0.3, -0.25) is 5.10 Å². The predicted octanol–water partition coefficient (Wildman–Crippen LogP) is 2.98. The maximum atomic E-state index is 10.1. The highest BCUT2D eigenvalue weighted by molar-refractivity contribution is 7.71. The van der Waals surface area contributed by atoms with E-state index in [1.165, 1.54) is 0 Å². The van der Waals surface area contributed by atoms with Crippen molar-refractivity contribution in [1.82, 2.24) is 15.5 Å². The number of nitrogens with one attached hydrogen (secondary N) is 3. The minimum absolute atomic E-state index is 0.0493. The highest BCUT2D eigenvalue weighted by Crippen LogP contribution is 2.31. The Kier molecular flexibility index (Phi) is 6.52. The van der Waals surface area contributed by atoms with Crippen molar-refractivity contribution in [1.29, 1.82) is 0 Å². The van der Waals surface area contributed by atoms with Gasteiger partial charge in [-0.2, -0.15) is 5.10 Å². The van der Waals surface area contributed by atoms with Crippen LogP contribution in [0, 0.1) is 4.64 Å². The highest BCUT2D eigenvalue weighted by atomic mass is 32.1. The average molecular weight is 362 g/mol. The molecular formula is C18H26N4O2S. The first-order valence-corrected chi connectivity index (χ1v) is 8.63. The monoisotopic (exact) mass is 362 g/mol. The van der Waals surface area contributed by atoms with Gasteiger partial charge in [-0.25, -0.2) is 0 Å². The van der Waals surface area contributed by atoms with Crippen LogP contribution in [0.15, 0.2) is 30.3 Å². The second-order valence-electron chi connectivity index (χ2n) is 6.86. The van der Waals surface area contributed by atoms with E-state index in [-0.39, 0.29) is 12.1 Å². The molecule has 7 heteroatoms. The number of nitrogens with zero attached hydrogens (tertiary/aromatic N) is 1. The summed E-state index contributed by atoms with van der Waals surface area (Å²) in [5.74, 6) is 0.659. The first-order valence-electron chi connectivity index (χ1n) is 8.22. The molecule has 0 aliphatic carbocycles. The number of rotatable bonds is 7. The third-order valence-electron chi connectivity index (χ3n) is 3.52. The Bertz CT molecular complexity index is 735. The van der Waals surface area contributed by atoms with Crippen LogP contribution in [0.4, 0.5) is 5.69 Å². The van der Waals surface area contributed by atoms with Gasteiger partial charge >= 0.3 is 0 Å². The third kappa shape index (κ3) is 6.12. The summed E-state index contributed by atoms with van der Waals surface area (Å²) in [6, 6.07) is 9.38. The topological polar surface area (TPSA) is 82.2 Å². The normalized spacial score (nSPS) is 12.7. The largest absolute Gasteiger partial charge is 0.490 e. The highest BCUT2D eigenvalue weighted by Gasteiger charge is 2.14. The number of hydrogen-bond acceptors (Lipinski definition) is 6. The molecule has 25 heavy (non-hydrogen) atoms. The number of β-amino-alcohol motifs (C(OH)–C–C–N with tert-alkyl or cyclic N) is 1. The molecule has 1 aromatic carbocycles. The van der Waals surface area contributed by atoms with Crippen molar-refractivity contribution in [2.24, 2.45) is 0 Å². The molecule has 4 N–H and O–H groups in total. The number of aliphatic hydroxyl groups excluding tert-OH is 1. The van der Waals surface area contributed by atoms with E-state index in [1.807, 2.05) is 31.3 Å². The van der Waals surface area contributed by atoms with E-state index in [9.17, 15) is 5.11 Å². The summed E-state index contributed by atoms with van der Waals surface area (Å²) in [4.78, 5) is 0. The fourth-order valence-electron chi connectivity index (χ4n) is 2.17. The Morgan fingerprint density at radius 2 is 2.04 bits per heavy atom. The number of benzene rings is 1. The lowest BCUT2D eigenvalue weighted by Gasteiger charge is -2.23. The molecule has 1 atom stereocenters. The van der Waals surface area contributed by atoms with Gasteiger partial charge in [-0.05, 0) is 51.1 Å². The molecule has 0 saturated carbocycles. The standard InChI is InChI=1S/C18H26N4O2S/c1-18(2,3)20-10-13(23)11-24-16-7-5-12(19-4)9-14(16)15-6-8-17(25)22-21-15/h5-9,13,19-20,23H,10-11H2,1-4H3,(H,22,25). The smallest absolute Gasteiger partial charge is 0.129 e. The number of ether oxygens (including phenoxy) is 1. The SMILES string of the molecule is CNc1ccc(OCC(O)CNC(C)(C)C)c(-c2ccc(=S)[nH]n2)c1. The Morgan fingerprint density at radius 1 is 1.28 bits per heavy atom. The van der Waals surface area contributed by atoms with Crippen LogP contribution in [-0.2, 0) is 0 Å². The maximum Gasteiger partial charge on any atom is 0.129 e. The van der Waals surface area contributed by atoms with Crippen LogP contribution in [0.25, 0.3) is 11.3 Å². The number of aromatic nitrogens is 2.